The first kappa shape index (κ1) is 33.5. The average Bonchev–Trinajstić information content (AvgIpc) is 3.58. The molecule has 260 valence electrons. The molecule has 2 fully saturated rings. The van der Waals surface area contributed by atoms with Gasteiger partial charge in [-0.1, -0.05) is 52.7 Å². The number of anilines is 1. The van der Waals surface area contributed by atoms with E-state index in [1.807, 2.05) is 18.2 Å². The lowest BCUT2D eigenvalue weighted by Gasteiger charge is -2.56. The number of imidazole rings is 1. The van der Waals surface area contributed by atoms with E-state index in [1.165, 1.54) is 16.7 Å². The number of nitrogens with zero attached hydrogens (tertiary/aromatic N) is 1. The monoisotopic (exact) mass is 665 g/mol. The van der Waals surface area contributed by atoms with Gasteiger partial charge in [0.25, 0.3) is 0 Å². The third-order valence-electron chi connectivity index (χ3n) is 13.6. The lowest BCUT2D eigenvalue weighted by atomic mass is 9.49. The predicted octanol–water partition coefficient (Wildman–Crippen LogP) is 5.99. The first-order valence-electron chi connectivity index (χ1n) is 18.1. The van der Waals surface area contributed by atoms with Crippen LogP contribution in [0.15, 0.2) is 48.9 Å². The minimum absolute atomic E-state index is 0.0379. The number of phenols is 1. The van der Waals surface area contributed by atoms with Gasteiger partial charge in [0.2, 0.25) is 17.7 Å². The van der Waals surface area contributed by atoms with Gasteiger partial charge in [0.15, 0.2) is 0 Å². The summed E-state index contributed by atoms with van der Waals surface area (Å²) in [5.74, 6) is -0.208. The summed E-state index contributed by atoms with van der Waals surface area (Å²) in [6.07, 6.45) is 12.2. The lowest BCUT2D eigenvalue weighted by Crippen LogP contribution is -2.60. The molecule has 1 aromatic heterocycles. The number of hydrogen-bond donors (Lipinski definition) is 5. The number of benzene rings is 2. The first-order valence-corrected chi connectivity index (χ1v) is 18.1. The highest BCUT2D eigenvalue weighted by Gasteiger charge is 2.58. The van der Waals surface area contributed by atoms with Crippen LogP contribution in [0.4, 0.5) is 5.69 Å². The molecule has 1 unspecified atom stereocenters. The fourth-order valence-corrected chi connectivity index (χ4v) is 10.9. The number of aryl methyl sites for hydroxylation is 2. The molecule has 7 rings (SSSR count). The summed E-state index contributed by atoms with van der Waals surface area (Å²) in [4.78, 5) is 49.0. The Hall–Kier alpha value is -3.98. The maximum absolute atomic E-state index is 14.5. The van der Waals surface area contributed by atoms with Crippen LogP contribution in [0.25, 0.3) is 0 Å². The number of carbonyl (C=O) groups excluding carboxylic acids is 3. The van der Waals surface area contributed by atoms with E-state index >= 15 is 0 Å². The van der Waals surface area contributed by atoms with Crippen LogP contribution in [0, 0.1) is 22.7 Å². The maximum atomic E-state index is 14.5. The summed E-state index contributed by atoms with van der Waals surface area (Å²) in [5.41, 5.74) is 10.5. The molecule has 2 saturated carbocycles. The minimum atomic E-state index is -0.735. The van der Waals surface area contributed by atoms with E-state index in [9.17, 15) is 19.5 Å². The number of carbonyl (C=O) groups is 3. The molecular weight excluding hydrogens is 614 g/mol. The van der Waals surface area contributed by atoms with Crippen molar-refractivity contribution in [3.8, 4) is 5.75 Å². The van der Waals surface area contributed by atoms with Gasteiger partial charge in [-0.2, -0.15) is 0 Å². The standard InChI is InChI=1S/C40H51N5O4/c1-37-15-5-17-39(3,32(37)13-9-24-7-11-26(19-29(24)37)44-34(47)31(41)20-27-22-42-23-43-27)35(48)45-36(49)40(4)18-6-16-38(2)30-21-28(46)12-8-25(30)10-14-33(38)40/h7-8,11-12,19,21-23,31-33,46H,5-6,9-10,13-18,20,41H2,1-4H3,(H,42,43)(H,44,47)(H,45,48,49)/t31-,32?,33+,37+,38+,39-,40-/m0/s1. The predicted molar refractivity (Wildman–Crippen MR) is 189 cm³/mol. The molecule has 0 saturated heterocycles. The van der Waals surface area contributed by atoms with E-state index in [0.29, 0.717) is 12.1 Å². The van der Waals surface area contributed by atoms with Gasteiger partial charge in [0.1, 0.15) is 5.75 Å². The van der Waals surface area contributed by atoms with Crippen molar-refractivity contribution in [3.05, 3.63) is 76.9 Å². The van der Waals surface area contributed by atoms with Gasteiger partial charge in [-0.15, -0.1) is 0 Å². The summed E-state index contributed by atoms with van der Waals surface area (Å²) in [7, 11) is 0. The SMILES string of the molecule is C[C@]1(C(=O)NC(=O)[C@@]2(C)CCC[C@]3(C)c4cc(O)ccc4CC[C@@H]23)CCC[C@]2(C)c3cc(NC(=O)[C@@H](N)Cc4c[nH]cn4)ccc3CCC12. The van der Waals surface area contributed by atoms with E-state index < -0.39 is 16.9 Å². The first-order chi connectivity index (χ1) is 23.3. The molecule has 9 heteroatoms. The summed E-state index contributed by atoms with van der Waals surface area (Å²) in [6, 6.07) is 11.1. The van der Waals surface area contributed by atoms with Gasteiger partial charge < -0.3 is 21.1 Å². The number of H-pyrrole nitrogens is 1. The number of amides is 3. The molecule has 3 amide bonds. The average molecular weight is 666 g/mol. The number of nitrogens with two attached hydrogens (primary N) is 1. The Kier molecular flexibility index (Phi) is 8.28. The van der Waals surface area contributed by atoms with Crippen LogP contribution in [0.5, 0.6) is 5.75 Å². The number of aromatic amines is 1. The second kappa shape index (κ2) is 12.1. The third kappa shape index (κ3) is 5.49. The number of aromatic hydroxyl groups is 1. The third-order valence-corrected chi connectivity index (χ3v) is 13.6. The Morgan fingerprint density at radius 2 is 1.45 bits per heavy atom. The number of rotatable bonds is 6. The van der Waals surface area contributed by atoms with Crippen molar-refractivity contribution in [2.45, 2.75) is 115 Å². The Morgan fingerprint density at radius 3 is 2.02 bits per heavy atom. The number of aromatic nitrogens is 2. The second-order valence-corrected chi connectivity index (χ2v) is 16.4. The Balaban J connectivity index is 1.10. The summed E-state index contributed by atoms with van der Waals surface area (Å²) < 4.78 is 0. The van der Waals surface area contributed by atoms with Crippen molar-refractivity contribution in [2.24, 2.45) is 28.4 Å². The van der Waals surface area contributed by atoms with Crippen molar-refractivity contribution < 1.29 is 19.5 Å². The molecule has 2 aromatic carbocycles. The molecule has 49 heavy (non-hydrogen) atoms. The maximum Gasteiger partial charge on any atom is 0.241 e. The topological polar surface area (TPSA) is 150 Å². The van der Waals surface area contributed by atoms with Gasteiger partial charge in [-0.25, -0.2) is 4.98 Å². The molecule has 1 heterocycles. The second-order valence-electron chi connectivity index (χ2n) is 16.4. The van der Waals surface area contributed by atoms with Crippen LogP contribution in [-0.2, 0) is 44.5 Å². The number of fused-ring (bicyclic) bond motifs is 6. The summed E-state index contributed by atoms with van der Waals surface area (Å²) >= 11 is 0. The molecule has 4 aliphatic rings. The van der Waals surface area contributed by atoms with E-state index in [-0.39, 0.29) is 46.1 Å². The van der Waals surface area contributed by atoms with Crippen LogP contribution in [0.3, 0.4) is 0 Å². The molecule has 0 aliphatic heterocycles. The van der Waals surface area contributed by atoms with Crippen LogP contribution < -0.4 is 16.4 Å². The summed E-state index contributed by atoms with van der Waals surface area (Å²) in [5, 5.41) is 16.4. The van der Waals surface area contributed by atoms with Gasteiger partial charge in [0, 0.05) is 18.3 Å². The zero-order chi connectivity index (χ0) is 34.8. The van der Waals surface area contributed by atoms with Crippen molar-refractivity contribution in [1.29, 1.82) is 0 Å². The number of hydrogen-bond acceptors (Lipinski definition) is 6. The smallest absolute Gasteiger partial charge is 0.241 e. The van der Waals surface area contributed by atoms with E-state index in [1.54, 1.807) is 18.6 Å². The Bertz CT molecular complexity index is 1790. The van der Waals surface area contributed by atoms with Crippen molar-refractivity contribution >= 4 is 23.4 Å². The highest BCUT2D eigenvalue weighted by Crippen LogP contribution is 2.59. The molecule has 0 bridgehead atoms. The van der Waals surface area contributed by atoms with Crippen LogP contribution in [0.2, 0.25) is 0 Å². The number of phenolic OH excluding ortho intramolecular Hbond substituents is 1. The van der Waals surface area contributed by atoms with Crippen molar-refractivity contribution in [3.63, 3.8) is 0 Å². The van der Waals surface area contributed by atoms with E-state index in [2.05, 4.69) is 60.4 Å². The van der Waals surface area contributed by atoms with Gasteiger partial charge in [-0.3, -0.25) is 19.7 Å². The number of nitrogens with one attached hydrogen (secondary N) is 3. The van der Waals surface area contributed by atoms with Crippen LogP contribution >= 0.6 is 0 Å². The van der Waals surface area contributed by atoms with Crippen LogP contribution in [0.1, 0.15) is 107 Å². The van der Waals surface area contributed by atoms with Gasteiger partial charge in [-0.05, 0) is 121 Å². The molecule has 0 spiro atoms. The molecule has 3 aromatic rings. The zero-order valence-electron chi connectivity index (χ0n) is 29.3. The molecular formula is C40H51N5O4. The largest absolute Gasteiger partial charge is 0.508 e. The van der Waals surface area contributed by atoms with Crippen molar-refractivity contribution in [2.75, 3.05) is 5.32 Å². The van der Waals surface area contributed by atoms with Crippen molar-refractivity contribution in [1.82, 2.24) is 15.3 Å². The normalized spacial score (nSPS) is 32.4. The van der Waals surface area contributed by atoms with Crippen LogP contribution in [-0.4, -0.2) is 38.8 Å². The Morgan fingerprint density at radius 1 is 0.878 bits per heavy atom. The molecule has 0 radical (unpaired) electrons. The zero-order valence-corrected chi connectivity index (χ0v) is 29.3. The molecule has 7 atom stereocenters. The fourth-order valence-electron chi connectivity index (χ4n) is 10.9. The highest BCUT2D eigenvalue weighted by molar-refractivity contribution is 6.01. The van der Waals surface area contributed by atoms with E-state index in [4.69, 9.17) is 5.73 Å². The van der Waals surface area contributed by atoms with Gasteiger partial charge in [0.05, 0.1) is 28.9 Å². The summed E-state index contributed by atoms with van der Waals surface area (Å²) in [6.45, 7) is 8.64. The highest BCUT2D eigenvalue weighted by atomic mass is 16.3. The fraction of sp³-hybridized carbons (Fsp3) is 0.550. The minimum Gasteiger partial charge on any atom is -0.508 e. The molecule has 9 nitrogen and oxygen atoms in total. The lowest BCUT2D eigenvalue weighted by molar-refractivity contribution is -0.150. The number of imide groups is 1. The quantitative estimate of drug-likeness (QED) is 0.204. The molecule has 4 aliphatic carbocycles. The molecule has 6 N–H and O–H groups in total. The van der Waals surface area contributed by atoms with E-state index in [0.717, 1.165) is 75.5 Å². The van der Waals surface area contributed by atoms with Gasteiger partial charge >= 0.3 is 0 Å². The Labute approximate surface area is 289 Å².